The summed E-state index contributed by atoms with van der Waals surface area (Å²) in [7, 11) is 0. The van der Waals surface area contributed by atoms with E-state index in [1.54, 1.807) is 60.3 Å². The molecule has 1 saturated heterocycles. The van der Waals surface area contributed by atoms with Crippen molar-refractivity contribution in [2.75, 3.05) is 19.8 Å². The molecule has 3 atom stereocenters. The summed E-state index contributed by atoms with van der Waals surface area (Å²) in [6.07, 6.45) is 2.87. The number of hydrogen-bond acceptors (Lipinski definition) is 5. The number of hydrogen-bond donors (Lipinski definition) is 3. The van der Waals surface area contributed by atoms with Gasteiger partial charge in [0.15, 0.2) is 0 Å². The molecule has 176 valence electrons. The number of aromatic nitrogens is 2. The summed E-state index contributed by atoms with van der Waals surface area (Å²) in [5.74, 6) is 6.58. The Kier molecular flexibility index (Phi) is 7.26. The maximum atomic E-state index is 14.7. The van der Waals surface area contributed by atoms with Crippen molar-refractivity contribution in [1.29, 1.82) is 0 Å². The summed E-state index contributed by atoms with van der Waals surface area (Å²) in [6, 6.07) is 11.3. The Morgan fingerprint density at radius 2 is 2.09 bits per heavy atom. The van der Waals surface area contributed by atoms with Crippen LogP contribution in [0, 0.1) is 23.6 Å². The van der Waals surface area contributed by atoms with E-state index in [2.05, 4.69) is 22.1 Å². The van der Waals surface area contributed by atoms with Crippen molar-refractivity contribution < 1.29 is 24.1 Å². The Balaban J connectivity index is 1.43. The Morgan fingerprint density at radius 1 is 1.29 bits per heavy atom. The molecule has 1 fully saturated rings. The zero-order valence-corrected chi connectivity index (χ0v) is 18.7. The number of aliphatic hydroxyl groups excluding tert-OH is 2. The number of benzene rings is 2. The van der Waals surface area contributed by atoms with Crippen molar-refractivity contribution >= 4 is 5.91 Å². The second-order valence-corrected chi connectivity index (χ2v) is 8.24. The monoisotopic (exact) mass is 463 g/mol. The van der Waals surface area contributed by atoms with Gasteiger partial charge in [0.05, 0.1) is 13.2 Å². The number of imidazole rings is 1. The minimum absolute atomic E-state index is 0.0152. The molecule has 3 N–H and O–H groups in total. The average Bonchev–Trinajstić information content (AvgIpc) is 3.48. The van der Waals surface area contributed by atoms with Crippen LogP contribution < -0.4 is 10.1 Å². The minimum Gasteiger partial charge on any atom is -0.493 e. The number of amides is 1. The van der Waals surface area contributed by atoms with Crippen molar-refractivity contribution in [2.45, 2.75) is 25.5 Å². The van der Waals surface area contributed by atoms with Gasteiger partial charge >= 0.3 is 0 Å². The van der Waals surface area contributed by atoms with Crippen LogP contribution >= 0.6 is 0 Å². The second kappa shape index (κ2) is 10.5. The third-order valence-electron chi connectivity index (χ3n) is 5.65. The van der Waals surface area contributed by atoms with E-state index in [9.17, 15) is 19.4 Å². The molecular weight excluding hydrogens is 437 g/mol. The van der Waals surface area contributed by atoms with Crippen molar-refractivity contribution in [3.63, 3.8) is 0 Å². The smallest absolute Gasteiger partial charge is 0.220 e. The lowest BCUT2D eigenvalue weighted by Crippen LogP contribution is -2.16. The van der Waals surface area contributed by atoms with Crippen LogP contribution in [0.15, 0.2) is 54.9 Å². The molecule has 7 nitrogen and oxygen atoms in total. The maximum Gasteiger partial charge on any atom is 0.220 e. The minimum atomic E-state index is -0.777. The normalized spacial score (nSPS) is 16.9. The second-order valence-electron chi connectivity index (χ2n) is 8.24. The van der Waals surface area contributed by atoms with E-state index in [1.165, 1.54) is 6.07 Å². The average molecular weight is 464 g/mol. The van der Waals surface area contributed by atoms with Gasteiger partial charge in [-0.3, -0.25) is 4.79 Å². The van der Waals surface area contributed by atoms with Gasteiger partial charge < -0.3 is 24.8 Å². The van der Waals surface area contributed by atoms with Gasteiger partial charge in [0, 0.05) is 48.5 Å². The number of carbonyl (C=O) groups excluding carboxylic acids is 1. The third kappa shape index (κ3) is 5.45. The van der Waals surface area contributed by atoms with Crippen LogP contribution in [0.4, 0.5) is 4.39 Å². The Labute approximate surface area is 197 Å². The number of rotatable bonds is 7. The van der Waals surface area contributed by atoms with Crippen molar-refractivity contribution in [2.24, 2.45) is 5.92 Å². The zero-order chi connectivity index (χ0) is 24.1. The summed E-state index contributed by atoms with van der Waals surface area (Å²) < 4.78 is 22.0. The number of aliphatic hydroxyl groups is 2. The lowest BCUT2D eigenvalue weighted by atomic mass is 10.0. The highest BCUT2D eigenvalue weighted by Crippen LogP contribution is 2.27. The molecular formula is C26H26FN3O4. The Bertz CT molecular complexity index is 1210. The van der Waals surface area contributed by atoms with Crippen LogP contribution in [-0.2, 0) is 4.79 Å². The van der Waals surface area contributed by atoms with Gasteiger partial charge in [-0.1, -0.05) is 24.0 Å². The van der Waals surface area contributed by atoms with E-state index < -0.39 is 18.0 Å². The van der Waals surface area contributed by atoms with E-state index in [0.29, 0.717) is 47.8 Å². The fraction of sp³-hybridized carbons (Fsp3) is 0.308. The van der Waals surface area contributed by atoms with Crippen LogP contribution in [0.5, 0.6) is 5.75 Å². The molecule has 4 rings (SSSR count). The highest BCUT2D eigenvalue weighted by Gasteiger charge is 2.22. The quantitative estimate of drug-likeness (QED) is 0.469. The first-order chi connectivity index (χ1) is 16.4. The zero-order valence-electron chi connectivity index (χ0n) is 18.7. The van der Waals surface area contributed by atoms with E-state index >= 15 is 0 Å². The first kappa shape index (κ1) is 23.5. The SMILES string of the molecule is C[C@H](O)c1nccn1[C@@H](C#Cc1ccc(-c2ccc(OC[C@H]3CNC(=O)C3)cc2F)cc1)CO. The molecule has 1 amide bonds. The first-order valence-corrected chi connectivity index (χ1v) is 11.1. The molecule has 0 unspecified atom stereocenters. The topological polar surface area (TPSA) is 96.6 Å². The Hall–Kier alpha value is -3.67. The molecule has 0 spiro atoms. The van der Waals surface area contributed by atoms with Crippen LogP contribution in [0.2, 0.25) is 0 Å². The van der Waals surface area contributed by atoms with Crippen LogP contribution in [0.3, 0.4) is 0 Å². The van der Waals surface area contributed by atoms with Crippen LogP contribution in [-0.4, -0.2) is 45.4 Å². The molecule has 2 aromatic carbocycles. The van der Waals surface area contributed by atoms with Gasteiger partial charge in [0.1, 0.15) is 29.5 Å². The molecule has 0 radical (unpaired) electrons. The fourth-order valence-electron chi connectivity index (χ4n) is 3.83. The molecule has 1 aliphatic heterocycles. The molecule has 1 aromatic heterocycles. The van der Waals surface area contributed by atoms with Gasteiger partial charge in [-0.15, -0.1) is 0 Å². The lowest BCUT2D eigenvalue weighted by molar-refractivity contribution is -0.119. The standard InChI is InChI=1S/C26H26FN3O4/c1-17(32)26-28-10-11-30(26)21(15-31)7-4-18-2-5-20(6-3-18)23-9-8-22(13-24(23)27)34-16-19-12-25(33)29-14-19/h2-3,5-6,8-11,13,17,19,21,31-32H,12,14-16H2,1H3,(H,29,33)/t17-,19+,21-/m0/s1. The maximum absolute atomic E-state index is 14.7. The first-order valence-electron chi connectivity index (χ1n) is 11.1. The van der Waals surface area contributed by atoms with E-state index in [0.717, 1.165) is 0 Å². The van der Waals surface area contributed by atoms with Gasteiger partial charge in [-0.25, -0.2) is 9.37 Å². The molecule has 0 aliphatic carbocycles. The van der Waals surface area contributed by atoms with E-state index in [4.69, 9.17) is 4.74 Å². The van der Waals surface area contributed by atoms with Crippen LogP contribution in [0.25, 0.3) is 11.1 Å². The van der Waals surface area contributed by atoms with Gasteiger partial charge in [0.2, 0.25) is 5.91 Å². The molecule has 0 saturated carbocycles. The fourth-order valence-corrected chi connectivity index (χ4v) is 3.83. The van der Waals surface area contributed by atoms with Gasteiger partial charge in [-0.05, 0) is 36.8 Å². The highest BCUT2D eigenvalue weighted by atomic mass is 19.1. The molecule has 3 aromatic rings. The summed E-state index contributed by atoms with van der Waals surface area (Å²) in [5.41, 5.74) is 1.85. The summed E-state index contributed by atoms with van der Waals surface area (Å²) in [4.78, 5) is 15.4. The van der Waals surface area contributed by atoms with E-state index in [1.807, 2.05) is 0 Å². The van der Waals surface area contributed by atoms with Gasteiger partial charge in [-0.2, -0.15) is 0 Å². The number of nitrogens with one attached hydrogen (secondary N) is 1. The largest absolute Gasteiger partial charge is 0.493 e. The predicted molar refractivity (Wildman–Crippen MR) is 124 cm³/mol. The van der Waals surface area contributed by atoms with E-state index in [-0.39, 0.29) is 18.4 Å². The summed E-state index contributed by atoms with van der Waals surface area (Å²) >= 11 is 0. The number of carbonyl (C=O) groups is 1. The number of nitrogens with zero attached hydrogens (tertiary/aromatic N) is 2. The molecule has 1 aliphatic rings. The van der Waals surface area contributed by atoms with Crippen molar-refractivity contribution in [1.82, 2.24) is 14.9 Å². The highest BCUT2D eigenvalue weighted by molar-refractivity contribution is 5.78. The summed E-state index contributed by atoms with van der Waals surface area (Å²) in [6.45, 7) is 2.32. The number of ether oxygens (including phenoxy) is 1. The van der Waals surface area contributed by atoms with Crippen molar-refractivity contribution in [3.8, 4) is 28.7 Å². The molecule has 2 heterocycles. The molecule has 8 heteroatoms. The van der Waals surface area contributed by atoms with Crippen molar-refractivity contribution in [3.05, 3.63) is 72.1 Å². The Morgan fingerprint density at radius 3 is 2.74 bits per heavy atom. The number of halogens is 1. The molecule has 34 heavy (non-hydrogen) atoms. The van der Waals surface area contributed by atoms with Gasteiger partial charge in [0.25, 0.3) is 0 Å². The lowest BCUT2D eigenvalue weighted by Gasteiger charge is -2.14. The summed E-state index contributed by atoms with van der Waals surface area (Å²) in [5, 5.41) is 22.3. The third-order valence-corrected chi connectivity index (χ3v) is 5.65. The van der Waals surface area contributed by atoms with Crippen LogP contribution in [0.1, 0.15) is 36.9 Å². The molecule has 0 bridgehead atoms. The predicted octanol–water partition coefficient (Wildman–Crippen LogP) is 2.84.